The lowest BCUT2D eigenvalue weighted by atomic mass is 10.3. The van der Waals surface area contributed by atoms with Gasteiger partial charge < -0.3 is 9.88 Å². The molecule has 0 saturated heterocycles. The van der Waals surface area contributed by atoms with Gasteiger partial charge in [-0.05, 0) is 19.1 Å². The van der Waals surface area contributed by atoms with Crippen molar-refractivity contribution in [1.29, 1.82) is 0 Å². The molecule has 0 unspecified atom stereocenters. The fourth-order valence-electron chi connectivity index (χ4n) is 1.52. The Hall–Kier alpha value is -1.30. The minimum Gasteiger partial charge on any atom is -0.319 e. The number of amides is 1. The highest BCUT2D eigenvalue weighted by Crippen LogP contribution is 2.30. The molecular formula is C12H10Cl2N2O2S. The zero-order valence-corrected chi connectivity index (χ0v) is 12.5. The van der Waals surface area contributed by atoms with Gasteiger partial charge in [-0.2, -0.15) is 0 Å². The van der Waals surface area contributed by atoms with Gasteiger partial charge in [0.15, 0.2) is 0 Å². The summed E-state index contributed by atoms with van der Waals surface area (Å²) >= 11 is 12.8. The minimum absolute atomic E-state index is 0.187. The molecule has 1 aromatic heterocycles. The molecule has 100 valence electrons. The van der Waals surface area contributed by atoms with Gasteiger partial charge in [0.1, 0.15) is 4.88 Å². The van der Waals surface area contributed by atoms with Crippen LogP contribution in [0.25, 0.3) is 0 Å². The second-order valence-corrected chi connectivity index (χ2v) is 5.67. The Kier molecular flexibility index (Phi) is 3.99. The summed E-state index contributed by atoms with van der Waals surface area (Å²) in [6, 6.07) is 4.94. The molecule has 0 aliphatic heterocycles. The minimum atomic E-state index is -0.393. The second-order valence-electron chi connectivity index (χ2n) is 3.89. The van der Waals surface area contributed by atoms with Crippen molar-refractivity contribution < 1.29 is 4.79 Å². The fraction of sp³-hybridized carbons (Fsp3) is 0.167. The lowest BCUT2D eigenvalue weighted by molar-refractivity contribution is 0.102. The number of nitrogens with zero attached hydrogens (tertiary/aromatic N) is 1. The second kappa shape index (κ2) is 5.36. The number of carbonyl (C=O) groups is 1. The summed E-state index contributed by atoms with van der Waals surface area (Å²) in [6.45, 7) is 1.71. The van der Waals surface area contributed by atoms with Crippen molar-refractivity contribution in [2.45, 2.75) is 6.92 Å². The number of nitrogens with one attached hydrogen (secondary N) is 1. The normalized spacial score (nSPS) is 10.5. The van der Waals surface area contributed by atoms with Crippen molar-refractivity contribution in [3.05, 3.63) is 48.5 Å². The van der Waals surface area contributed by atoms with E-state index in [1.807, 2.05) is 0 Å². The maximum atomic E-state index is 12.1. The highest BCUT2D eigenvalue weighted by molar-refractivity contribution is 7.11. The molecule has 0 atom stereocenters. The summed E-state index contributed by atoms with van der Waals surface area (Å²) < 4.78 is 1.42. The zero-order valence-electron chi connectivity index (χ0n) is 10.2. The lowest BCUT2D eigenvalue weighted by Gasteiger charge is -2.08. The molecule has 0 radical (unpaired) electrons. The van der Waals surface area contributed by atoms with Crippen molar-refractivity contribution in [2.24, 2.45) is 7.05 Å². The highest BCUT2D eigenvalue weighted by atomic mass is 35.5. The van der Waals surface area contributed by atoms with Gasteiger partial charge >= 0.3 is 4.87 Å². The number of rotatable bonds is 2. The number of carbonyl (C=O) groups excluding carboxylic acids is 1. The highest BCUT2D eigenvalue weighted by Gasteiger charge is 2.18. The Labute approximate surface area is 123 Å². The third-order valence-electron chi connectivity index (χ3n) is 2.70. The van der Waals surface area contributed by atoms with Gasteiger partial charge in [-0.15, -0.1) is 0 Å². The number of para-hydroxylation sites is 1. The molecular weight excluding hydrogens is 307 g/mol. The third kappa shape index (κ3) is 2.68. The lowest BCUT2D eigenvalue weighted by Crippen LogP contribution is -2.13. The first-order chi connectivity index (χ1) is 8.91. The zero-order chi connectivity index (χ0) is 14.2. The molecule has 0 fully saturated rings. The maximum absolute atomic E-state index is 12.1. The molecule has 0 bridgehead atoms. The van der Waals surface area contributed by atoms with Crippen LogP contribution in [0.2, 0.25) is 10.0 Å². The van der Waals surface area contributed by atoms with Crippen LogP contribution in [0.4, 0.5) is 5.69 Å². The van der Waals surface area contributed by atoms with Gasteiger partial charge in [0, 0.05) is 12.7 Å². The summed E-state index contributed by atoms with van der Waals surface area (Å²) in [5.41, 5.74) is 0.953. The fourth-order valence-corrected chi connectivity index (χ4v) is 2.89. The molecule has 2 rings (SSSR count). The smallest absolute Gasteiger partial charge is 0.307 e. The first-order valence-corrected chi connectivity index (χ1v) is 6.91. The maximum Gasteiger partial charge on any atom is 0.307 e. The van der Waals surface area contributed by atoms with E-state index in [-0.39, 0.29) is 4.87 Å². The summed E-state index contributed by atoms with van der Waals surface area (Å²) in [6.07, 6.45) is 0. The topological polar surface area (TPSA) is 51.1 Å². The first-order valence-electron chi connectivity index (χ1n) is 5.33. The van der Waals surface area contributed by atoms with Crippen LogP contribution in [-0.4, -0.2) is 10.5 Å². The largest absolute Gasteiger partial charge is 0.319 e. The Balaban J connectivity index is 2.36. The number of hydrogen-bond donors (Lipinski definition) is 1. The van der Waals surface area contributed by atoms with Crippen LogP contribution >= 0.6 is 34.5 Å². The van der Waals surface area contributed by atoms with Crippen molar-refractivity contribution in [1.82, 2.24) is 4.57 Å². The number of hydrogen-bond acceptors (Lipinski definition) is 3. The van der Waals surface area contributed by atoms with E-state index in [0.29, 0.717) is 26.3 Å². The molecule has 19 heavy (non-hydrogen) atoms. The van der Waals surface area contributed by atoms with Gasteiger partial charge in [0.05, 0.1) is 15.7 Å². The van der Waals surface area contributed by atoms with Crippen LogP contribution in [0.3, 0.4) is 0 Å². The Morgan fingerprint density at radius 3 is 2.37 bits per heavy atom. The summed E-state index contributed by atoms with van der Waals surface area (Å²) in [7, 11) is 1.62. The Bertz CT molecular complexity index is 686. The number of thiazole rings is 1. The van der Waals surface area contributed by atoms with Gasteiger partial charge in [0.25, 0.3) is 5.91 Å². The number of halogens is 2. The molecule has 1 heterocycles. The monoisotopic (exact) mass is 316 g/mol. The van der Waals surface area contributed by atoms with Crippen LogP contribution in [0.1, 0.15) is 15.4 Å². The van der Waals surface area contributed by atoms with Crippen molar-refractivity contribution in [2.75, 3.05) is 5.32 Å². The Morgan fingerprint density at radius 2 is 1.89 bits per heavy atom. The molecule has 1 aromatic carbocycles. The van der Waals surface area contributed by atoms with Gasteiger partial charge in [-0.3, -0.25) is 9.59 Å². The third-order valence-corrected chi connectivity index (χ3v) is 4.47. The number of anilines is 1. The summed E-state index contributed by atoms with van der Waals surface area (Å²) in [5, 5.41) is 3.33. The predicted octanol–water partition coefficient (Wildman–Crippen LogP) is 3.31. The Morgan fingerprint density at radius 1 is 1.32 bits per heavy atom. The average molecular weight is 317 g/mol. The molecule has 0 aliphatic rings. The van der Waals surface area contributed by atoms with Crippen LogP contribution in [0.5, 0.6) is 0 Å². The van der Waals surface area contributed by atoms with E-state index in [1.54, 1.807) is 32.2 Å². The van der Waals surface area contributed by atoms with Gasteiger partial charge in [0.2, 0.25) is 0 Å². The molecule has 1 amide bonds. The SMILES string of the molecule is Cc1c(C(=O)Nc2c(Cl)cccc2Cl)sc(=O)n1C. The molecule has 0 spiro atoms. The molecule has 1 N–H and O–H groups in total. The quantitative estimate of drug-likeness (QED) is 0.924. The predicted molar refractivity (Wildman–Crippen MR) is 78.7 cm³/mol. The van der Waals surface area contributed by atoms with Crippen molar-refractivity contribution >= 4 is 46.1 Å². The average Bonchev–Trinajstić information content (AvgIpc) is 2.62. The molecule has 2 aromatic rings. The molecule has 4 nitrogen and oxygen atoms in total. The van der Waals surface area contributed by atoms with E-state index < -0.39 is 5.91 Å². The summed E-state index contributed by atoms with van der Waals surface area (Å²) in [5.74, 6) is -0.393. The van der Waals surface area contributed by atoms with E-state index in [2.05, 4.69) is 5.32 Å². The molecule has 7 heteroatoms. The standard InChI is InChI=1S/C12H10Cl2N2O2S/c1-6-10(19-12(18)16(6)2)11(17)15-9-7(13)4-3-5-8(9)14/h3-5H,1-2H3,(H,15,17). The van der Waals surface area contributed by atoms with Crippen molar-refractivity contribution in [3.63, 3.8) is 0 Å². The van der Waals surface area contributed by atoms with Gasteiger partial charge in [-0.25, -0.2) is 0 Å². The van der Waals surface area contributed by atoms with Crippen molar-refractivity contribution in [3.8, 4) is 0 Å². The van der Waals surface area contributed by atoms with E-state index in [1.165, 1.54) is 4.57 Å². The van der Waals surface area contributed by atoms with E-state index in [0.717, 1.165) is 11.3 Å². The molecule has 0 saturated carbocycles. The van der Waals surface area contributed by atoms with Crippen LogP contribution in [-0.2, 0) is 7.05 Å². The summed E-state index contributed by atoms with van der Waals surface area (Å²) in [4.78, 5) is 23.8. The van der Waals surface area contributed by atoms with Gasteiger partial charge in [-0.1, -0.05) is 40.6 Å². The first kappa shape index (κ1) is 14.1. The van der Waals surface area contributed by atoms with Crippen LogP contribution < -0.4 is 10.2 Å². The van der Waals surface area contributed by atoms with E-state index in [4.69, 9.17) is 23.2 Å². The number of benzene rings is 1. The van der Waals surface area contributed by atoms with E-state index >= 15 is 0 Å². The van der Waals surface area contributed by atoms with Crippen LogP contribution in [0, 0.1) is 6.92 Å². The van der Waals surface area contributed by atoms with E-state index in [9.17, 15) is 9.59 Å². The van der Waals surface area contributed by atoms with Crippen LogP contribution in [0.15, 0.2) is 23.0 Å². The molecule has 0 aliphatic carbocycles. The number of aromatic nitrogens is 1.